The van der Waals surface area contributed by atoms with Crippen LogP contribution < -0.4 is 14.9 Å². The van der Waals surface area contributed by atoms with Gasteiger partial charge in [0.2, 0.25) is 11.2 Å². The molecule has 0 bridgehead atoms. The van der Waals surface area contributed by atoms with Gasteiger partial charge in [-0.25, -0.2) is 0 Å². The van der Waals surface area contributed by atoms with Crippen molar-refractivity contribution in [3.63, 3.8) is 0 Å². The number of benzene rings is 3. The number of esters is 1. The third-order valence-electron chi connectivity index (χ3n) is 7.35. The molecule has 0 spiro atoms. The molecule has 0 radical (unpaired) electrons. The highest BCUT2D eigenvalue weighted by Gasteiger charge is 2.34. The first-order valence-electron chi connectivity index (χ1n) is 13.8. The van der Waals surface area contributed by atoms with Gasteiger partial charge in [-0.15, -0.1) is 0 Å². The van der Waals surface area contributed by atoms with E-state index < -0.39 is 40.3 Å². The Bertz CT molecular complexity index is 1640. The van der Waals surface area contributed by atoms with E-state index >= 15 is 0 Å². The number of carbonyl (C=O) groups excluding carboxylic acids is 1. The number of fused-ring (bicyclic) bond motifs is 3. The summed E-state index contributed by atoms with van der Waals surface area (Å²) in [6.45, 7) is 2.80. The number of carbonyl (C=O) groups is 1. The lowest BCUT2D eigenvalue weighted by molar-refractivity contribution is -0.135. The van der Waals surface area contributed by atoms with E-state index in [9.17, 15) is 30.0 Å². The van der Waals surface area contributed by atoms with Crippen molar-refractivity contribution in [3.8, 4) is 45.8 Å². The number of hydrogen-bond donors (Lipinski definition) is 4. The van der Waals surface area contributed by atoms with Crippen LogP contribution in [0.5, 0.6) is 34.5 Å². The summed E-state index contributed by atoms with van der Waals surface area (Å²) in [6.07, 6.45) is 6.93. The van der Waals surface area contributed by atoms with E-state index in [2.05, 4.69) is 6.92 Å². The Morgan fingerprint density at radius 1 is 0.854 bits per heavy atom. The van der Waals surface area contributed by atoms with E-state index in [-0.39, 0.29) is 34.5 Å². The van der Waals surface area contributed by atoms with Crippen LogP contribution in [0.4, 0.5) is 0 Å². The van der Waals surface area contributed by atoms with Crippen LogP contribution in [0.1, 0.15) is 68.9 Å². The smallest absolute Gasteiger partial charge is 0.312 e. The van der Waals surface area contributed by atoms with E-state index in [0.717, 1.165) is 24.5 Å². The molecule has 0 saturated heterocycles. The van der Waals surface area contributed by atoms with Gasteiger partial charge in [-0.3, -0.25) is 9.59 Å². The second-order valence-corrected chi connectivity index (χ2v) is 10.2. The number of aromatic hydroxyl groups is 4. The largest absolute Gasteiger partial charge is 0.507 e. The summed E-state index contributed by atoms with van der Waals surface area (Å²) in [5.74, 6) is -2.82. The van der Waals surface area contributed by atoms with E-state index in [1.807, 2.05) is 24.3 Å². The predicted molar refractivity (Wildman–Crippen MR) is 152 cm³/mol. The first kappa shape index (κ1) is 27.9. The van der Waals surface area contributed by atoms with Gasteiger partial charge in [-0.2, -0.15) is 0 Å². The Hall–Kier alpha value is -4.66. The summed E-state index contributed by atoms with van der Waals surface area (Å²) >= 11 is 0. The lowest BCUT2D eigenvalue weighted by atomic mass is 9.85. The molecular weight excluding hydrogens is 528 g/mol. The first-order valence-corrected chi connectivity index (χ1v) is 13.8. The van der Waals surface area contributed by atoms with E-state index in [4.69, 9.17) is 13.9 Å². The fourth-order valence-electron chi connectivity index (χ4n) is 5.20. The molecule has 1 aliphatic rings. The van der Waals surface area contributed by atoms with Crippen molar-refractivity contribution in [1.82, 2.24) is 0 Å². The van der Waals surface area contributed by atoms with Gasteiger partial charge in [0.15, 0.2) is 17.3 Å². The maximum Gasteiger partial charge on any atom is 0.312 e. The average Bonchev–Trinajstić information content (AvgIpc) is 2.95. The Kier molecular flexibility index (Phi) is 8.05. The highest BCUT2D eigenvalue weighted by molar-refractivity contribution is 5.94. The highest BCUT2D eigenvalue weighted by Crippen LogP contribution is 2.47. The fourth-order valence-corrected chi connectivity index (χ4v) is 5.20. The van der Waals surface area contributed by atoms with Gasteiger partial charge in [-0.1, -0.05) is 51.2 Å². The van der Waals surface area contributed by atoms with E-state index in [1.165, 1.54) is 43.9 Å². The van der Waals surface area contributed by atoms with Gasteiger partial charge in [0.1, 0.15) is 28.2 Å². The summed E-state index contributed by atoms with van der Waals surface area (Å²) in [6, 6.07) is 12.2. The monoisotopic (exact) mass is 560 g/mol. The van der Waals surface area contributed by atoms with Crippen LogP contribution >= 0.6 is 0 Å². The Balaban J connectivity index is 1.51. The molecule has 1 aromatic heterocycles. The molecule has 214 valence electrons. The molecule has 4 aromatic rings. The second kappa shape index (κ2) is 11.8. The summed E-state index contributed by atoms with van der Waals surface area (Å²) in [4.78, 5) is 25.8. The second-order valence-electron chi connectivity index (χ2n) is 10.2. The summed E-state index contributed by atoms with van der Waals surface area (Å²) in [5, 5.41) is 40.7. The van der Waals surface area contributed by atoms with Gasteiger partial charge in [0, 0.05) is 23.1 Å². The van der Waals surface area contributed by atoms with Crippen molar-refractivity contribution in [2.75, 3.05) is 6.61 Å². The minimum absolute atomic E-state index is 0.0352. The number of phenolic OH excluding ortho intramolecular Hbond substituents is 3. The molecule has 9 heteroatoms. The van der Waals surface area contributed by atoms with Gasteiger partial charge >= 0.3 is 5.97 Å². The van der Waals surface area contributed by atoms with E-state index in [0.29, 0.717) is 17.9 Å². The summed E-state index contributed by atoms with van der Waals surface area (Å²) in [5.41, 5.74) is 0.250. The Morgan fingerprint density at radius 3 is 2.32 bits per heavy atom. The minimum Gasteiger partial charge on any atom is -0.507 e. The zero-order valence-electron chi connectivity index (χ0n) is 22.7. The molecule has 0 amide bonds. The van der Waals surface area contributed by atoms with Crippen LogP contribution in [-0.2, 0) is 4.79 Å². The SMILES string of the molecule is CCCCCCCCOc1ccc([C@H]2CC(=O)Oc3cc(O)c4c(=O)c(O)c(-c5ccc(O)c(O)c5)oc4c32)cc1. The average molecular weight is 561 g/mol. The highest BCUT2D eigenvalue weighted by atomic mass is 16.5. The Morgan fingerprint density at radius 2 is 1.59 bits per heavy atom. The number of unbranched alkanes of at least 4 members (excludes halogenated alkanes) is 5. The summed E-state index contributed by atoms with van der Waals surface area (Å²) in [7, 11) is 0. The molecular formula is C32H32O9. The molecule has 0 fully saturated rings. The third kappa shape index (κ3) is 5.66. The zero-order chi connectivity index (χ0) is 29.1. The van der Waals surface area contributed by atoms with Crippen molar-refractivity contribution < 1.29 is 39.1 Å². The molecule has 0 saturated carbocycles. The third-order valence-corrected chi connectivity index (χ3v) is 7.35. The van der Waals surface area contributed by atoms with Crippen LogP contribution in [-0.4, -0.2) is 33.0 Å². The van der Waals surface area contributed by atoms with Crippen LogP contribution in [0.25, 0.3) is 22.3 Å². The molecule has 1 aliphatic heterocycles. The van der Waals surface area contributed by atoms with Gasteiger partial charge in [0.25, 0.3) is 0 Å². The van der Waals surface area contributed by atoms with Crippen LogP contribution in [0.15, 0.2) is 57.7 Å². The molecule has 5 rings (SSSR count). The maximum absolute atomic E-state index is 13.2. The molecule has 9 nitrogen and oxygen atoms in total. The number of rotatable bonds is 10. The maximum atomic E-state index is 13.2. The normalized spacial score (nSPS) is 14.6. The molecule has 4 N–H and O–H groups in total. The van der Waals surface area contributed by atoms with Crippen LogP contribution in [0.3, 0.4) is 0 Å². The molecule has 2 heterocycles. The zero-order valence-corrected chi connectivity index (χ0v) is 22.7. The number of ether oxygens (including phenoxy) is 2. The summed E-state index contributed by atoms with van der Waals surface area (Å²) < 4.78 is 17.3. The lowest BCUT2D eigenvalue weighted by Gasteiger charge is -2.26. The first-order chi connectivity index (χ1) is 19.8. The van der Waals surface area contributed by atoms with E-state index in [1.54, 1.807) is 0 Å². The van der Waals surface area contributed by atoms with Gasteiger partial charge < -0.3 is 34.3 Å². The molecule has 3 aromatic carbocycles. The predicted octanol–water partition coefficient (Wildman–Crippen LogP) is 6.46. The lowest BCUT2D eigenvalue weighted by Crippen LogP contribution is -2.22. The molecule has 1 atom stereocenters. The molecule has 0 aliphatic carbocycles. The van der Waals surface area contributed by atoms with Crippen LogP contribution in [0.2, 0.25) is 0 Å². The minimum atomic E-state index is -0.900. The Labute approximate surface area is 236 Å². The van der Waals surface area contributed by atoms with Crippen molar-refractivity contribution in [2.24, 2.45) is 0 Å². The van der Waals surface area contributed by atoms with Gasteiger partial charge in [-0.05, 0) is 42.3 Å². The molecule has 41 heavy (non-hydrogen) atoms. The van der Waals surface area contributed by atoms with Crippen molar-refractivity contribution in [3.05, 3.63) is 69.9 Å². The quantitative estimate of drug-likeness (QED) is 0.0742. The van der Waals surface area contributed by atoms with Crippen molar-refractivity contribution >= 4 is 16.9 Å². The van der Waals surface area contributed by atoms with Gasteiger partial charge in [0.05, 0.1) is 13.0 Å². The van der Waals surface area contributed by atoms with Crippen LogP contribution in [0, 0.1) is 0 Å². The van der Waals surface area contributed by atoms with Crippen molar-refractivity contribution in [2.45, 2.75) is 57.8 Å². The van der Waals surface area contributed by atoms with Crippen molar-refractivity contribution in [1.29, 1.82) is 0 Å². The standard InChI is InChI=1S/C32H32O9/c1-2-3-4-5-6-7-14-39-20-11-8-18(9-12-20)21-16-26(36)40-25-17-24(35)28-29(37)30(38)31(41-32(28)27(21)25)19-10-13-22(33)23(34)15-19/h8-13,15,17,21,33-35,38H,2-7,14,16H2,1H3/t21-/m1/s1. The molecule has 0 unspecified atom stereocenters. The topological polar surface area (TPSA) is 147 Å². The fraction of sp³-hybridized carbons (Fsp3) is 0.312. The number of hydrogen-bond acceptors (Lipinski definition) is 9. The number of phenols is 3.